The number of benzene rings is 1. The largest absolute Gasteiger partial charge is 0.490 e. The molecule has 4 nitrogen and oxygen atoms in total. The minimum atomic E-state index is 0.0721. The van der Waals surface area contributed by atoms with Crippen molar-refractivity contribution in [2.75, 3.05) is 13.2 Å². The van der Waals surface area contributed by atoms with Gasteiger partial charge in [-0.25, -0.2) is 0 Å². The van der Waals surface area contributed by atoms with Crippen LogP contribution in [0.15, 0.2) is 18.2 Å². The number of nitriles is 1. The molecule has 1 aliphatic carbocycles. The minimum absolute atomic E-state index is 0.0721. The molecule has 1 saturated carbocycles. The second kappa shape index (κ2) is 6.82. The van der Waals surface area contributed by atoms with Crippen LogP contribution in [-0.2, 0) is 6.42 Å². The zero-order valence-electron chi connectivity index (χ0n) is 12.9. The van der Waals surface area contributed by atoms with Crippen LogP contribution in [0.1, 0.15) is 38.7 Å². The van der Waals surface area contributed by atoms with Crippen LogP contribution < -0.4 is 15.2 Å². The highest BCUT2D eigenvalue weighted by molar-refractivity contribution is 5.43. The van der Waals surface area contributed by atoms with E-state index >= 15 is 0 Å². The van der Waals surface area contributed by atoms with Gasteiger partial charge in [-0.2, -0.15) is 5.26 Å². The Morgan fingerprint density at radius 1 is 1.33 bits per heavy atom. The van der Waals surface area contributed by atoms with E-state index < -0.39 is 0 Å². The van der Waals surface area contributed by atoms with Crippen molar-refractivity contribution in [3.63, 3.8) is 0 Å². The van der Waals surface area contributed by atoms with E-state index in [2.05, 4.69) is 6.07 Å². The molecule has 0 aromatic heterocycles. The third kappa shape index (κ3) is 4.37. The summed E-state index contributed by atoms with van der Waals surface area (Å²) in [5, 5.41) is 8.86. The van der Waals surface area contributed by atoms with Gasteiger partial charge in [0.2, 0.25) is 0 Å². The third-order valence-corrected chi connectivity index (χ3v) is 3.81. The van der Waals surface area contributed by atoms with Gasteiger partial charge in [0.05, 0.1) is 19.3 Å². The van der Waals surface area contributed by atoms with Gasteiger partial charge in [-0.15, -0.1) is 0 Å². The lowest BCUT2D eigenvalue weighted by Crippen LogP contribution is -2.18. The molecule has 1 fully saturated rings. The van der Waals surface area contributed by atoms with Crippen molar-refractivity contribution in [1.29, 1.82) is 5.26 Å². The lowest BCUT2D eigenvalue weighted by atomic mass is 10.1. The summed E-state index contributed by atoms with van der Waals surface area (Å²) in [6.07, 6.45) is 3.54. The highest BCUT2D eigenvalue weighted by Crippen LogP contribution is 2.49. The van der Waals surface area contributed by atoms with Crippen LogP contribution >= 0.6 is 0 Å². The van der Waals surface area contributed by atoms with Gasteiger partial charge in [0.25, 0.3) is 0 Å². The maximum Gasteiger partial charge on any atom is 0.161 e. The maximum absolute atomic E-state index is 8.86. The Labute approximate surface area is 126 Å². The summed E-state index contributed by atoms with van der Waals surface area (Å²) in [5.74, 6) is 1.53. The predicted octanol–water partition coefficient (Wildman–Crippen LogP) is 3.05. The molecule has 2 N–H and O–H groups in total. The normalized spacial score (nSPS) is 16.9. The van der Waals surface area contributed by atoms with Crippen LogP contribution in [0.4, 0.5) is 0 Å². The Morgan fingerprint density at radius 3 is 2.67 bits per heavy atom. The van der Waals surface area contributed by atoms with Gasteiger partial charge in [0, 0.05) is 17.9 Å². The summed E-state index contributed by atoms with van der Waals surface area (Å²) < 4.78 is 11.6. The van der Waals surface area contributed by atoms with Crippen LogP contribution in [0, 0.1) is 16.7 Å². The molecule has 0 spiro atoms. The van der Waals surface area contributed by atoms with Crippen molar-refractivity contribution in [2.45, 2.75) is 45.6 Å². The molecule has 0 saturated heterocycles. The van der Waals surface area contributed by atoms with Gasteiger partial charge in [-0.05, 0) is 50.8 Å². The number of hydrogen-bond donors (Lipinski definition) is 1. The van der Waals surface area contributed by atoms with Crippen molar-refractivity contribution < 1.29 is 9.47 Å². The first-order chi connectivity index (χ1) is 10.1. The molecule has 0 amide bonds. The van der Waals surface area contributed by atoms with Gasteiger partial charge in [0.1, 0.15) is 0 Å². The number of rotatable bonds is 8. The molecule has 0 bridgehead atoms. The van der Waals surface area contributed by atoms with Crippen molar-refractivity contribution in [2.24, 2.45) is 11.1 Å². The van der Waals surface area contributed by atoms with Crippen molar-refractivity contribution in [3.05, 3.63) is 23.8 Å². The molecular formula is C17H24N2O2. The molecule has 2 rings (SSSR count). The van der Waals surface area contributed by atoms with Crippen molar-refractivity contribution in [1.82, 2.24) is 0 Å². The Hall–Kier alpha value is -1.73. The van der Waals surface area contributed by atoms with E-state index in [9.17, 15) is 0 Å². The summed E-state index contributed by atoms with van der Waals surface area (Å²) in [4.78, 5) is 0. The highest BCUT2D eigenvalue weighted by Gasteiger charge is 2.43. The fourth-order valence-electron chi connectivity index (χ4n) is 2.39. The second-order valence-corrected chi connectivity index (χ2v) is 6.02. The molecular weight excluding hydrogens is 264 g/mol. The molecule has 21 heavy (non-hydrogen) atoms. The first kappa shape index (κ1) is 15.7. The summed E-state index contributed by atoms with van der Waals surface area (Å²) in [6, 6.07) is 8.36. The molecule has 1 atom stereocenters. The molecule has 1 unspecified atom stereocenters. The molecule has 1 aromatic rings. The van der Waals surface area contributed by atoms with E-state index in [1.165, 1.54) is 0 Å². The first-order valence-corrected chi connectivity index (χ1v) is 7.59. The number of hydrogen-bond acceptors (Lipinski definition) is 4. The zero-order valence-corrected chi connectivity index (χ0v) is 12.9. The van der Waals surface area contributed by atoms with E-state index in [4.69, 9.17) is 20.5 Å². The lowest BCUT2D eigenvalue weighted by Gasteiger charge is -2.17. The standard InChI is InChI=1S/C17H24N2O2/c1-3-20-16-11-14(10-13(2)19)4-5-15(16)21-12-17(6-7-17)8-9-18/h4-5,11,13H,3,6-8,10,12,19H2,1-2H3. The fourth-order valence-corrected chi connectivity index (χ4v) is 2.39. The number of nitrogens with two attached hydrogens (primary N) is 1. The summed E-state index contributed by atoms with van der Waals surface area (Å²) in [6.45, 7) is 5.14. The minimum Gasteiger partial charge on any atom is -0.490 e. The third-order valence-electron chi connectivity index (χ3n) is 3.81. The Balaban J connectivity index is 2.05. The number of nitrogens with zero attached hydrogens (tertiary/aromatic N) is 1. The van der Waals surface area contributed by atoms with Gasteiger partial charge >= 0.3 is 0 Å². The van der Waals surface area contributed by atoms with Gasteiger partial charge in [-0.3, -0.25) is 0 Å². The van der Waals surface area contributed by atoms with Gasteiger partial charge in [-0.1, -0.05) is 6.07 Å². The van der Waals surface area contributed by atoms with E-state index in [0.29, 0.717) is 19.6 Å². The molecule has 0 heterocycles. The molecule has 0 radical (unpaired) electrons. The fraction of sp³-hybridized carbons (Fsp3) is 0.588. The lowest BCUT2D eigenvalue weighted by molar-refractivity contribution is 0.221. The predicted molar refractivity (Wildman–Crippen MR) is 82.4 cm³/mol. The van der Waals surface area contributed by atoms with Crippen molar-refractivity contribution in [3.8, 4) is 17.6 Å². The van der Waals surface area contributed by atoms with Crippen molar-refractivity contribution >= 4 is 0 Å². The summed E-state index contributed by atoms with van der Waals surface area (Å²) in [5.41, 5.74) is 7.07. The monoisotopic (exact) mass is 288 g/mol. The topological polar surface area (TPSA) is 68.3 Å². The average Bonchev–Trinajstić information content (AvgIpc) is 3.18. The Bertz CT molecular complexity index is 516. The second-order valence-electron chi connectivity index (χ2n) is 6.02. The summed E-state index contributed by atoms with van der Waals surface area (Å²) in [7, 11) is 0. The van der Waals surface area contributed by atoms with Crippen LogP contribution in [0.2, 0.25) is 0 Å². The van der Waals surface area contributed by atoms with E-state index in [0.717, 1.165) is 36.3 Å². The molecule has 4 heteroatoms. The van der Waals surface area contributed by atoms with Gasteiger partial charge in [0.15, 0.2) is 11.5 Å². The van der Waals surface area contributed by atoms with E-state index in [1.54, 1.807) is 0 Å². The molecule has 0 aliphatic heterocycles. The highest BCUT2D eigenvalue weighted by atomic mass is 16.5. The summed E-state index contributed by atoms with van der Waals surface area (Å²) >= 11 is 0. The zero-order chi connectivity index (χ0) is 15.3. The molecule has 1 aromatic carbocycles. The van der Waals surface area contributed by atoms with Crippen LogP contribution in [-0.4, -0.2) is 19.3 Å². The maximum atomic E-state index is 8.86. The quantitative estimate of drug-likeness (QED) is 0.798. The first-order valence-electron chi connectivity index (χ1n) is 7.59. The van der Waals surface area contributed by atoms with Crippen LogP contribution in [0.25, 0.3) is 0 Å². The van der Waals surface area contributed by atoms with Gasteiger partial charge < -0.3 is 15.2 Å². The van der Waals surface area contributed by atoms with Crippen LogP contribution in [0.3, 0.4) is 0 Å². The van der Waals surface area contributed by atoms with E-state index in [1.807, 2.05) is 32.0 Å². The van der Waals surface area contributed by atoms with Crippen LogP contribution in [0.5, 0.6) is 11.5 Å². The number of ether oxygens (including phenoxy) is 2. The van der Waals surface area contributed by atoms with E-state index in [-0.39, 0.29) is 11.5 Å². The smallest absolute Gasteiger partial charge is 0.161 e. The molecule has 1 aliphatic rings. The Morgan fingerprint density at radius 2 is 2.10 bits per heavy atom. The SMILES string of the molecule is CCOc1cc(CC(C)N)ccc1OCC1(CC#N)CC1. The molecule has 114 valence electrons. The Kier molecular flexibility index (Phi) is 5.08. The average molecular weight is 288 g/mol.